The lowest BCUT2D eigenvalue weighted by Crippen LogP contribution is -2.23. The lowest BCUT2D eigenvalue weighted by atomic mass is 10.1. The lowest BCUT2D eigenvalue weighted by Gasteiger charge is -2.14. The number of anilines is 1. The smallest absolute Gasteiger partial charge is 0.414 e. The van der Waals surface area contributed by atoms with Crippen LogP contribution >= 0.6 is 0 Å². The van der Waals surface area contributed by atoms with E-state index in [4.69, 9.17) is 13.9 Å². The number of carbonyl (C=O) groups excluding carboxylic acids is 2. The van der Waals surface area contributed by atoms with Crippen molar-refractivity contribution in [3.8, 4) is 11.5 Å². The number of amides is 1. The Kier molecular flexibility index (Phi) is 4.94. The van der Waals surface area contributed by atoms with Crippen molar-refractivity contribution in [1.29, 1.82) is 0 Å². The van der Waals surface area contributed by atoms with Crippen molar-refractivity contribution >= 4 is 17.7 Å². The quantitative estimate of drug-likeness (QED) is 0.604. The van der Waals surface area contributed by atoms with E-state index in [1.165, 1.54) is 41.5 Å². The molecule has 0 spiro atoms. The van der Waals surface area contributed by atoms with Crippen molar-refractivity contribution in [3.05, 3.63) is 71.6 Å². The molecule has 0 aliphatic carbocycles. The Balaban J connectivity index is 1.46. The number of hydrogen-bond acceptors (Lipinski definition) is 6. The first kappa shape index (κ1) is 18.6. The molecule has 29 heavy (non-hydrogen) atoms. The number of benzene rings is 2. The molecule has 1 fully saturated rings. The van der Waals surface area contributed by atoms with Crippen LogP contribution in [-0.2, 0) is 16.1 Å². The van der Waals surface area contributed by atoms with Gasteiger partial charge in [-0.15, -0.1) is 0 Å². The first-order valence-electron chi connectivity index (χ1n) is 8.62. The molecule has 148 valence electrons. The van der Waals surface area contributed by atoms with Gasteiger partial charge in [-0.3, -0.25) is 4.90 Å². The van der Waals surface area contributed by atoms with Gasteiger partial charge in [-0.25, -0.2) is 23.4 Å². The SMILES string of the molecule is O=C(OCc1coc(-c2cccc(F)c2)n1)c1cc(N2CCOC2=O)ccc1F. The van der Waals surface area contributed by atoms with Crippen molar-refractivity contribution in [3.63, 3.8) is 0 Å². The maximum absolute atomic E-state index is 14.1. The van der Waals surface area contributed by atoms with Gasteiger partial charge in [0, 0.05) is 11.3 Å². The van der Waals surface area contributed by atoms with Crippen LogP contribution < -0.4 is 4.90 Å². The fraction of sp³-hybridized carbons (Fsp3) is 0.150. The lowest BCUT2D eigenvalue weighted by molar-refractivity contribution is 0.0462. The normalized spacial score (nSPS) is 13.4. The van der Waals surface area contributed by atoms with Gasteiger partial charge >= 0.3 is 12.1 Å². The Morgan fingerprint density at radius 2 is 2.07 bits per heavy atom. The molecule has 3 aromatic rings. The number of rotatable bonds is 5. The highest BCUT2D eigenvalue weighted by molar-refractivity contribution is 5.94. The number of esters is 1. The highest BCUT2D eigenvalue weighted by Gasteiger charge is 2.25. The van der Waals surface area contributed by atoms with Crippen LogP contribution in [0.15, 0.2) is 53.1 Å². The van der Waals surface area contributed by atoms with Gasteiger partial charge < -0.3 is 13.9 Å². The van der Waals surface area contributed by atoms with Crippen molar-refractivity contribution in [2.45, 2.75) is 6.61 Å². The molecule has 0 atom stereocenters. The average molecular weight is 400 g/mol. The summed E-state index contributed by atoms with van der Waals surface area (Å²) < 4.78 is 42.6. The van der Waals surface area contributed by atoms with E-state index >= 15 is 0 Å². The second kappa shape index (κ2) is 7.70. The summed E-state index contributed by atoms with van der Waals surface area (Å²) in [6.45, 7) is 0.254. The summed E-state index contributed by atoms with van der Waals surface area (Å²) >= 11 is 0. The molecule has 1 aromatic heterocycles. The Hall–Kier alpha value is -3.75. The number of carbonyl (C=O) groups is 2. The van der Waals surface area contributed by atoms with Gasteiger partial charge in [-0.1, -0.05) is 6.07 Å². The van der Waals surface area contributed by atoms with Crippen molar-refractivity contribution < 1.29 is 32.3 Å². The number of cyclic esters (lactones) is 1. The van der Waals surface area contributed by atoms with Crippen LogP contribution in [0, 0.1) is 11.6 Å². The van der Waals surface area contributed by atoms with Gasteiger partial charge in [0.2, 0.25) is 5.89 Å². The molecule has 2 aromatic carbocycles. The minimum absolute atomic E-state index is 0.163. The standard InChI is InChI=1S/C20H14F2N2O5/c21-13-3-1-2-12(8-13)18-23-14(10-28-18)11-29-19(25)16-9-15(4-5-17(16)22)24-6-7-27-20(24)26/h1-5,8-10H,6-7,11H2. The Labute approximate surface area is 163 Å². The molecule has 1 aliphatic rings. The van der Waals surface area contributed by atoms with Crippen molar-refractivity contribution in [2.24, 2.45) is 0 Å². The predicted molar refractivity (Wildman–Crippen MR) is 96.1 cm³/mol. The van der Waals surface area contributed by atoms with Gasteiger partial charge in [0.25, 0.3) is 0 Å². The molecule has 1 amide bonds. The van der Waals surface area contributed by atoms with Gasteiger partial charge in [-0.05, 0) is 36.4 Å². The third-order valence-electron chi connectivity index (χ3n) is 4.22. The predicted octanol–water partition coefficient (Wildman–Crippen LogP) is 3.93. The van der Waals surface area contributed by atoms with E-state index in [9.17, 15) is 18.4 Å². The van der Waals surface area contributed by atoms with E-state index in [1.807, 2.05) is 0 Å². The van der Waals surface area contributed by atoms with Crippen LogP contribution in [0.25, 0.3) is 11.5 Å². The van der Waals surface area contributed by atoms with Crippen LogP contribution in [-0.4, -0.2) is 30.2 Å². The molecule has 9 heteroatoms. The van der Waals surface area contributed by atoms with E-state index in [2.05, 4.69) is 4.98 Å². The summed E-state index contributed by atoms with van der Waals surface area (Å²) in [5, 5.41) is 0. The number of ether oxygens (including phenoxy) is 2. The maximum atomic E-state index is 14.1. The highest BCUT2D eigenvalue weighted by atomic mass is 19.1. The van der Waals surface area contributed by atoms with Gasteiger partial charge in [0.1, 0.15) is 36.8 Å². The molecule has 0 unspecified atom stereocenters. The monoisotopic (exact) mass is 400 g/mol. The summed E-state index contributed by atoms with van der Waals surface area (Å²) in [5.74, 6) is -1.98. The minimum Gasteiger partial charge on any atom is -0.455 e. The van der Waals surface area contributed by atoms with Gasteiger partial charge in [0.15, 0.2) is 0 Å². The van der Waals surface area contributed by atoms with Crippen LogP contribution in [0.5, 0.6) is 0 Å². The Morgan fingerprint density at radius 3 is 2.83 bits per heavy atom. The molecule has 4 rings (SSSR count). The summed E-state index contributed by atoms with van der Waals surface area (Å²) in [7, 11) is 0. The largest absolute Gasteiger partial charge is 0.455 e. The summed E-state index contributed by atoms with van der Waals surface area (Å²) in [6.07, 6.45) is 0.698. The molecular weight excluding hydrogens is 386 g/mol. The van der Waals surface area contributed by atoms with Gasteiger partial charge in [-0.2, -0.15) is 0 Å². The number of hydrogen-bond donors (Lipinski definition) is 0. The minimum atomic E-state index is -0.924. The molecule has 7 nitrogen and oxygen atoms in total. The second-order valence-electron chi connectivity index (χ2n) is 6.16. The number of aromatic nitrogens is 1. The van der Waals surface area contributed by atoms with Crippen LogP contribution in [0.1, 0.15) is 16.1 Å². The van der Waals surface area contributed by atoms with E-state index in [0.29, 0.717) is 17.8 Å². The average Bonchev–Trinajstić information content (AvgIpc) is 3.36. The number of nitrogens with zero attached hydrogens (tertiary/aromatic N) is 2. The molecular formula is C20H14F2N2O5. The molecule has 0 N–H and O–H groups in total. The topological polar surface area (TPSA) is 81.9 Å². The molecule has 1 saturated heterocycles. The van der Waals surface area contributed by atoms with E-state index < -0.39 is 23.7 Å². The van der Waals surface area contributed by atoms with E-state index in [1.54, 1.807) is 6.07 Å². The zero-order valence-corrected chi connectivity index (χ0v) is 14.9. The summed E-state index contributed by atoms with van der Waals surface area (Å²) in [5.41, 5.74) is 0.711. The second-order valence-corrected chi connectivity index (χ2v) is 6.16. The molecule has 2 heterocycles. The third kappa shape index (κ3) is 3.93. The first-order chi connectivity index (χ1) is 14.0. The maximum Gasteiger partial charge on any atom is 0.414 e. The van der Waals surface area contributed by atoms with E-state index in [0.717, 1.165) is 6.07 Å². The van der Waals surface area contributed by atoms with Crippen LogP contribution in [0.4, 0.5) is 19.3 Å². The zero-order chi connectivity index (χ0) is 20.4. The number of halogens is 2. The summed E-state index contributed by atoms with van der Waals surface area (Å²) in [6, 6.07) is 9.36. The third-order valence-corrected chi connectivity index (χ3v) is 4.22. The number of oxazole rings is 1. The van der Waals surface area contributed by atoms with Crippen molar-refractivity contribution in [1.82, 2.24) is 4.98 Å². The molecule has 0 radical (unpaired) electrons. The highest BCUT2D eigenvalue weighted by Crippen LogP contribution is 2.23. The van der Waals surface area contributed by atoms with Gasteiger partial charge in [0.05, 0.1) is 12.1 Å². The molecule has 1 aliphatic heterocycles. The fourth-order valence-corrected chi connectivity index (χ4v) is 2.81. The van der Waals surface area contributed by atoms with Crippen LogP contribution in [0.2, 0.25) is 0 Å². The Bertz CT molecular complexity index is 1080. The van der Waals surface area contributed by atoms with Crippen molar-refractivity contribution in [2.75, 3.05) is 18.1 Å². The Morgan fingerprint density at radius 1 is 1.21 bits per heavy atom. The zero-order valence-electron chi connectivity index (χ0n) is 14.9. The first-order valence-corrected chi connectivity index (χ1v) is 8.62. The summed E-state index contributed by atoms with van der Waals surface area (Å²) in [4.78, 5) is 29.4. The molecule has 0 bridgehead atoms. The van der Waals surface area contributed by atoms with Crippen LogP contribution in [0.3, 0.4) is 0 Å². The fourth-order valence-electron chi connectivity index (χ4n) is 2.81. The molecule has 0 saturated carbocycles. The van der Waals surface area contributed by atoms with E-state index in [-0.39, 0.29) is 30.4 Å².